The molecular weight excluding hydrogens is 406 g/mol. The monoisotopic (exact) mass is 429 g/mol. The molecule has 0 bridgehead atoms. The minimum absolute atomic E-state index is 0.00861. The molecule has 0 radical (unpaired) electrons. The van der Waals surface area contributed by atoms with Gasteiger partial charge in [0.25, 0.3) is 10.0 Å². The van der Waals surface area contributed by atoms with Gasteiger partial charge >= 0.3 is 5.97 Å². The first kappa shape index (κ1) is 21.6. The topological polar surface area (TPSA) is 90.0 Å². The Bertz CT molecular complexity index is 1100. The number of Topliss-reactive ketones (excluding diaryl/α,β-unsaturated/α-hetero) is 1. The maximum atomic E-state index is 13.1. The minimum Gasteiger partial charge on any atom is -0.482 e. The van der Waals surface area contributed by atoms with E-state index in [1.165, 1.54) is 19.1 Å². The van der Waals surface area contributed by atoms with Crippen LogP contribution in [0.5, 0.6) is 5.75 Å². The number of nitrogens with zero attached hydrogens (tertiary/aromatic N) is 1. The van der Waals surface area contributed by atoms with Crippen molar-refractivity contribution in [1.29, 1.82) is 0 Å². The number of hydrogen-bond acceptors (Lipinski definition) is 6. The van der Waals surface area contributed by atoms with Gasteiger partial charge in [-0.05, 0) is 37.6 Å². The molecular formula is C22H23NO6S. The standard InChI is InChI=1S/C22H23NO6S/c1-4-13-23-21(16(3)24)22(18-7-5-6-8-19(18)30(23,26)27)29-20(25)14-28-17-11-9-15(2)10-12-17/h5-12H,4,13-14H2,1-3H3. The molecule has 3 rings (SSSR count). The third kappa shape index (κ3) is 4.23. The predicted molar refractivity (Wildman–Crippen MR) is 111 cm³/mol. The van der Waals surface area contributed by atoms with Gasteiger partial charge in [0.2, 0.25) is 0 Å². The van der Waals surface area contributed by atoms with E-state index < -0.39 is 21.8 Å². The van der Waals surface area contributed by atoms with Crippen LogP contribution < -0.4 is 4.74 Å². The van der Waals surface area contributed by atoms with Crippen LogP contribution >= 0.6 is 0 Å². The quantitative estimate of drug-likeness (QED) is 0.628. The maximum absolute atomic E-state index is 13.1. The highest BCUT2D eigenvalue weighted by atomic mass is 32.2. The Balaban J connectivity index is 1.96. The molecule has 0 saturated heterocycles. The summed E-state index contributed by atoms with van der Waals surface area (Å²) in [6.07, 6.45) is 0.482. The molecule has 0 fully saturated rings. The first-order valence-corrected chi connectivity index (χ1v) is 11.0. The number of aryl methyl sites for hydroxylation is 1. The fourth-order valence-electron chi connectivity index (χ4n) is 3.15. The highest BCUT2D eigenvalue weighted by Crippen LogP contribution is 2.37. The number of benzene rings is 2. The Hall–Kier alpha value is -3.13. The molecule has 0 amide bonds. The number of hydrogen-bond donors (Lipinski definition) is 0. The summed E-state index contributed by atoms with van der Waals surface area (Å²) < 4.78 is 38.1. The lowest BCUT2D eigenvalue weighted by Crippen LogP contribution is -2.38. The summed E-state index contributed by atoms with van der Waals surface area (Å²) in [6, 6.07) is 13.3. The van der Waals surface area contributed by atoms with Gasteiger partial charge in [0, 0.05) is 19.0 Å². The fraction of sp³-hybridized carbons (Fsp3) is 0.273. The molecule has 158 valence electrons. The van der Waals surface area contributed by atoms with E-state index in [-0.39, 0.29) is 35.1 Å². The molecule has 1 aliphatic rings. The summed E-state index contributed by atoms with van der Waals surface area (Å²) in [4.78, 5) is 24.9. The van der Waals surface area contributed by atoms with E-state index >= 15 is 0 Å². The van der Waals surface area contributed by atoms with Crippen LogP contribution in [-0.2, 0) is 24.3 Å². The number of esters is 1. The van der Waals surface area contributed by atoms with Gasteiger partial charge in [-0.2, -0.15) is 0 Å². The molecule has 30 heavy (non-hydrogen) atoms. The van der Waals surface area contributed by atoms with Crippen LogP contribution in [0.15, 0.2) is 59.1 Å². The molecule has 0 unspecified atom stereocenters. The van der Waals surface area contributed by atoms with Crippen molar-refractivity contribution in [3.63, 3.8) is 0 Å². The summed E-state index contributed by atoms with van der Waals surface area (Å²) in [6.45, 7) is 4.68. The molecule has 2 aromatic carbocycles. The van der Waals surface area contributed by atoms with E-state index in [9.17, 15) is 18.0 Å². The molecule has 7 nitrogen and oxygen atoms in total. The highest BCUT2D eigenvalue weighted by molar-refractivity contribution is 7.89. The Morgan fingerprint density at radius 1 is 1.03 bits per heavy atom. The second-order valence-electron chi connectivity index (χ2n) is 6.88. The number of fused-ring (bicyclic) bond motifs is 1. The van der Waals surface area contributed by atoms with E-state index in [0.29, 0.717) is 12.2 Å². The van der Waals surface area contributed by atoms with Crippen molar-refractivity contribution in [3.8, 4) is 5.75 Å². The van der Waals surface area contributed by atoms with Crippen LogP contribution in [0.3, 0.4) is 0 Å². The SMILES string of the molecule is CCCN1C(C(C)=O)=C(OC(=O)COc2ccc(C)cc2)c2ccccc2S1(=O)=O. The van der Waals surface area contributed by atoms with Crippen LogP contribution in [0.2, 0.25) is 0 Å². The molecule has 0 saturated carbocycles. The lowest BCUT2D eigenvalue weighted by Gasteiger charge is -2.32. The van der Waals surface area contributed by atoms with Gasteiger partial charge in [0.15, 0.2) is 18.1 Å². The van der Waals surface area contributed by atoms with Gasteiger partial charge in [0.1, 0.15) is 11.4 Å². The largest absolute Gasteiger partial charge is 0.482 e. The summed E-state index contributed by atoms with van der Waals surface area (Å²) >= 11 is 0. The second kappa shape index (κ2) is 8.71. The van der Waals surface area contributed by atoms with E-state index in [2.05, 4.69) is 0 Å². The van der Waals surface area contributed by atoms with Gasteiger partial charge in [-0.15, -0.1) is 0 Å². The van der Waals surface area contributed by atoms with E-state index in [4.69, 9.17) is 9.47 Å². The lowest BCUT2D eigenvalue weighted by molar-refractivity contribution is -0.139. The van der Waals surface area contributed by atoms with Gasteiger partial charge in [-0.25, -0.2) is 13.2 Å². The Labute approximate surface area is 176 Å². The smallest absolute Gasteiger partial charge is 0.349 e. The molecule has 8 heteroatoms. The minimum atomic E-state index is -3.94. The molecule has 0 N–H and O–H groups in total. The van der Waals surface area contributed by atoms with Crippen molar-refractivity contribution in [2.24, 2.45) is 0 Å². The predicted octanol–water partition coefficient (Wildman–Crippen LogP) is 3.29. The molecule has 1 heterocycles. The average Bonchev–Trinajstić information content (AvgIpc) is 2.71. The number of carbonyl (C=O) groups excluding carboxylic acids is 2. The van der Waals surface area contributed by atoms with E-state index in [0.717, 1.165) is 9.87 Å². The van der Waals surface area contributed by atoms with Crippen LogP contribution in [0, 0.1) is 6.92 Å². The third-order valence-corrected chi connectivity index (χ3v) is 6.38. The normalized spacial score (nSPS) is 14.8. The van der Waals surface area contributed by atoms with E-state index in [1.54, 1.807) is 31.2 Å². The van der Waals surface area contributed by atoms with Crippen molar-refractivity contribution in [3.05, 3.63) is 65.4 Å². The van der Waals surface area contributed by atoms with Crippen molar-refractivity contribution >= 4 is 27.5 Å². The fourth-order valence-corrected chi connectivity index (χ4v) is 4.95. The summed E-state index contributed by atoms with van der Waals surface area (Å²) in [7, 11) is -3.94. The number of ether oxygens (including phenoxy) is 2. The number of rotatable bonds is 7. The molecule has 0 aromatic heterocycles. The summed E-state index contributed by atoms with van der Waals surface area (Å²) in [5, 5.41) is 0. The van der Waals surface area contributed by atoms with Gasteiger partial charge < -0.3 is 9.47 Å². The number of ketones is 1. The molecule has 0 spiro atoms. The van der Waals surface area contributed by atoms with Crippen LogP contribution in [0.1, 0.15) is 31.4 Å². The number of carbonyl (C=O) groups is 2. The lowest BCUT2D eigenvalue weighted by atomic mass is 10.1. The first-order chi connectivity index (χ1) is 14.3. The second-order valence-corrected chi connectivity index (χ2v) is 8.71. The van der Waals surface area contributed by atoms with Crippen LogP contribution in [-0.4, -0.2) is 37.6 Å². The zero-order valence-corrected chi connectivity index (χ0v) is 17.9. The van der Waals surface area contributed by atoms with Gasteiger partial charge in [-0.3, -0.25) is 9.10 Å². The van der Waals surface area contributed by atoms with Crippen LogP contribution in [0.4, 0.5) is 0 Å². The first-order valence-electron chi connectivity index (χ1n) is 9.53. The summed E-state index contributed by atoms with van der Waals surface area (Å²) in [5.74, 6) is -0.824. The Morgan fingerprint density at radius 3 is 2.33 bits per heavy atom. The molecule has 2 aromatic rings. The third-order valence-electron chi connectivity index (χ3n) is 4.52. The molecule has 0 atom stereocenters. The van der Waals surface area contributed by atoms with Crippen molar-refractivity contribution in [1.82, 2.24) is 4.31 Å². The van der Waals surface area contributed by atoms with Crippen molar-refractivity contribution in [2.75, 3.05) is 13.2 Å². The number of allylic oxidation sites excluding steroid dienone is 1. The summed E-state index contributed by atoms with van der Waals surface area (Å²) in [5.41, 5.74) is 1.08. The number of sulfonamides is 1. The van der Waals surface area contributed by atoms with Crippen LogP contribution in [0.25, 0.3) is 5.76 Å². The zero-order chi connectivity index (χ0) is 21.9. The Kier molecular flexibility index (Phi) is 6.26. The maximum Gasteiger partial charge on any atom is 0.349 e. The molecule has 1 aliphatic heterocycles. The van der Waals surface area contributed by atoms with Gasteiger partial charge in [-0.1, -0.05) is 36.8 Å². The zero-order valence-electron chi connectivity index (χ0n) is 17.0. The average molecular weight is 429 g/mol. The highest BCUT2D eigenvalue weighted by Gasteiger charge is 2.39. The Morgan fingerprint density at radius 2 is 1.70 bits per heavy atom. The van der Waals surface area contributed by atoms with Gasteiger partial charge in [0.05, 0.1) is 4.90 Å². The molecule has 0 aliphatic carbocycles. The van der Waals surface area contributed by atoms with Crippen molar-refractivity contribution < 1.29 is 27.5 Å². The van der Waals surface area contributed by atoms with Crippen molar-refractivity contribution in [2.45, 2.75) is 32.1 Å². The van der Waals surface area contributed by atoms with E-state index in [1.807, 2.05) is 19.1 Å².